The number of benzene rings is 1. The van der Waals surface area contributed by atoms with Crippen LogP contribution in [0.25, 0.3) is 0 Å². The van der Waals surface area contributed by atoms with Gasteiger partial charge in [0.1, 0.15) is 5.92 Å². The second-order valence-electron chi connectivity index (χ2n) is 4.95. The molecule has 0 spiro atoms. The van der Waals surface area contributed by atoms with Gasteiger partial charge in [0.2, 0.25) is 5.91 Å². The van der Waals surface area contributed by atoms with Crippen molar-refractivity contribution in [1.29, 1.82) is 0 Å². The van der Waals surface area contributed by atoms with Crippen LogP contribution in [0, 0.1) is 5.92 Å². The molecule has 0 aliphatic carbocycles. The average molecular weight is 301 g/mol. The van der Waals surface area contributed by atoms with E-state index in [-0.39, 0.29) is 6.54 Å². The number of likely N-dealkylation sites (tertiary alicyclic amines) is 1. The molecule has 0 bridgehead atoms. The van der Waals surface area contributed by atoms with Gasteiger partial charge in [-0.1, -0.05) is 18.2 Å². The molecule has 0 saturated carbocycles. The highest BCUT2D eigenvalue weighted by Crippen LogP contribution is 2.37. The third-order valence-corrected chi connectivity index (χ3v) is 3.61. The number of halogens is 3. The summed E-state index contributed by atoms with van der Waals surface area (Å²) in [7, 11) is 2.66. The second kappa shape index (κ2) is 5.38. The lowest BCUT2D eigenvalue weighted by Gasteiger charge is -2.16. The van der Waals surface area contributed by atoms with Crippen LogP contribution in [0.5, 0.6) is 0 Å². The first kappa shape index (κ1) is 15.3. The van der Waals surface area contributed by atoms with Crippen LogP contribution in [0.3, 0.4) is 0 Å². The Morgan fingerprint density at radius 2 is 2.05 bits per heavy atom. The first-order chi connectivity index (χ1) is 9.75. The van der Waals surface area contributed by atoms with Crippen molar-refractivity contribution in [2.45, 2.75) is 12.1 Å². The Bertz CT molecular complexity index is 571. The maximum absolute atomic E-state index is 12.8. The number of hydrogen-bond acceptors (Lipinski definition) is 3. The van der Waals surface area contributed by atoms with Crippen LogP contribution in [0.15, 0.2) is 24.3 Å². The van der Waals surface area contributed by atoms with E-state index >= 15 is 0 Å². The van der Waals surface area contributed by atoms with Gasteiger partial charge in [0.05, 0.1) is 12.7 Å². The van der Waals surface area contributed by atoms with Crippen LogP contribution in [0.2, 0.25) is 0 Å². The topological polar surface area (TPSA) is 46.6 Å². The minimum absolute atomic E-state index is 0.180. The fourth-order valence-corrected chi connectivity index (χ4v) is 2.54. The third-order valence-electron chi connectivity index (χ3n) is 3.61. The third kappa shape index (κ3) is 2.86. The van der Waals surface area contributed by atoms with E-state index in [1.807, 2.05) is 0 Å². The molecule has 4 nitrogen and oxygen atoms in total. The van der Waals surface area contributed by atoms with Gasteiger partial charge >= 0.3 is 12.1 Å². The van der Waals surface area contributed by atoms with Crippen LogP contribution in [-0.4, -0.2) is 37.5 Å². The largest absolute Gasteiger partial charge is 0.468 e. The molecule has 1 heterocycles. The molecule has 114 valence electrons. The lowest BCUT2D eigenvalue weighted by Crippen LogP contribution is -2.29. The smallest absolute Gasteiger partial charge is 0.416 e. The Labute approximate surface area is 119 Å². The van der Waals surface area contributed by atoms with Gasteiger partial charge in [-0.3, -0.25) is 9.59 Å². The number of carbonyl (C=O) groups excluding carboxylic acids is 2. The van der Waals surface area contributed by atoms with E-state index in [9.17, 15) is 22.8 Å². The number of hydrogen-bond donors (Lipinski definition) is 0. The highest BCUT2D eigenvalue weighted by atomic mass is 19.4. The van der Waals surface area contributed by atoms with Crippen molar-refractivity contribution in [3.8, 4) is 0 Å². The van der Waals surface area contributed by atoms with E-state index < -0.39 is 35.5 Å². The number of alkyl halides is 3. The number of amides is 1. The monoisotopic (exact) mass is 301 g/mol. The van der Waals surface area contributed by atoms with Crippen molar-refractivity contribution in [2.75, 3.05) is 20.7 Å². The molecule has 7 heteroatoms. The Hall–Kier alpha value is -2.05. The molecular weight excluding hydrogens is 287 g/mol. The van der Waals surface area contributed by atoms with Gasteiger partial charge < -0.3 is 9.64 Å². The summed E-state index contributed by atoms with van der Waals surface area (Å²) >= 11 is 0. The van der Waals surface area contributed by atoms with E-state index in [2.05, 4.69) is 4.74 Å². The molecule has 1 saturated heterocycles. The molecule has 1 fully saturated rings. The summed E-state index contributed by atoms with van der Waals surface area (Å²) in [6.45, 7) is 0.180. The Balaban J connectivity index is 2.40. The molecule has 0 unspecified atom stereocenters. The molecular formula is C14H14F3NO3. The van der Waals surface area contributed by atoms with Gasteiger partial charge in [0.25, 0.3) is 0 Å². The Morgan fingerprint density at radius 1 is 1.38 bits per heavy atom. The zero-order chi connectivity index (χ0) is 15.8. The normalized spacial score (nSPS) is 22.5. The molecule has 1 aliphatic heterocycles. The number of esters is 1. The van der Waals surface area contributed by atoms with Crippen molar-refractivity contribution in [1.82, 2.24) is 4.90 Å². The first-order valence-corrected chi connectivity index (χ1v) is 6.25. The van der Waals surface area contributed by atoms with Crippen molar-refractivity contribution in [2.24, 2.45) is 5.92 Å². The van der Waals surface area contributed by atoms with Crippen LogP contribution in [0.4, 0.5) is 13.2 Å². The first-order valence-electron chi connectivity index (χ1n) is 6.25. The molecule has 1 aromatic carbocycles. The van der Waals surface area contributed by atoms with Crippen LogP contribution in [-0.2, 0) is 20.5 Å². The SMILES string of the molecule is COC(=O)[C@H]1C(=O)N(C)C[C@@H]1c1cccc(C(F)(F)F)c1. The number of nitrogens with zero attached hydrogens (tertiary/aromatic N) is 1. The average Bonchev–Trinajstić information content (AvgIpc) is 2.73. The lowest BCUT2D eigenvalue weighted by molar-refractivity contribution is -0.150. The number of methoxy groups -OCH3 is 1. The summed E-state index contributed by atoms with van der Waals surface area (Å²) in [6.07, 6.45) is -4.47. The van der Waals surface area contributed by atoms with Gasteiger partial charge in [-0.25, -0.2) is 0 Å². The van der Waals surface area contributed by atoms with E-state index in [4.69, 9.17) is 0 Å². The Kier molecular flexibility index (Phi) is 3.93. The summed E-state index contributed by atoms with van der Waals surface area (Å²) in [5.74, 6) is -2.91. The summed E-state index contributed by atoms with van der Waals surface area (Å²) in [6, 6.07) is 4.70. The number of rotatable bonds is 2. The number of likely N-dealkylation sites (N-methyl/N-ethyl adjacent to an activating group) is 1. The molecule has 1 amide bonds. The Morgan fingerprint density at radius 3 is 2.62 bits per heavy atom. The zero-order valence-corrected chi connectivity index (χ0v) is 11.5. The highest BCUT2D eigenvalue weighted by molar-refractivity contribution is 6.00. The summed E-state index contributed by atoms with van der Waals surface area (Å²) in [5, 5.41) is 0. The summed E-state index contributed by atoms with van der Waals surface area (Å²) < 4.78 is 42.9. The zero-order valence-electron chi connectivity index (χ0n) is 11.5. The molecule has 21 heavy (non-hydrogen) atoms. The van der Waals surface area contributed by atoms with E-state index in [1.165, 1.54) is 24.1 Å². The maximum Gasteiger partial charge on any atom is 0.416 e. The van der Waals surface area contributed by atoms with Gasteiger partial charge in [0, 0.05) is 19.5 Å². The van der Waals surface area contributed by atoms with Crippen LogP contribution >= 0.6 is 0 Å². The molecule has 1 aromatic rings. The molecule has 2 atom stereocenters. The standard InChI is InChI=1S/C14H14F3NO3/c1-18-7-10(11(12(18)19)13(20)21-2)8-4-3-5-9(6-8)14(15,16)17/h3-6,10-11H,7H2,1-2H3/t10-,11-/m1/s1. The fourth-order valence-electron chi connectivity index (χ4n) is 2.54. The molecule has 0 N–H and O–H groups in total. The minimum atomic E-state index is -4.47. The van der Waals surface area contributed by atoms with E-state index in [0.29, 0.717) is 5.56 Å². The number of ether oxygens (including phenoxy) is 1. The predicted octanol–water partition coefficient (Wildman–Crippen LogP) is 2.05. The summed E-state index contributed by atoms with van der Waals surface area (Å²) in [5.41, 5.74) is -0.497. The van der Waals surface area contributed by atoms with Gasteiger partial charge in [0.15, 0.2) is 0 Å². The van der Waals surface area contributed by atoms with Crippen molar-refractivity contribution in [3.05, 3.63) is 35.4 Å². The van der Waals surface area contributed by atoms with Gasteiger partial charge in [-0.2, -0.15) is 13.2 Å². The molecule has 0 radical (unpaired) electrons. The highest BCUT2D eigenvalue weighted by Gasteiger charge is 2.45. The van der Waals surface area contributed by atoms with Crippen molar-refractivity contribution >= 4 is 11.9 Å². The van der Waals surface area contributed by atoms with Gasteiger partial charge in [-0.05, 0) is 11.6 Å². The van der Waals surface area contributed by atoms with Crippen molar-refractivity contribution < 1.29 is 27.5 Å². The minimum Gasteiger partial charge on any atom is -0.468 e. The second-order valence-corrected chi connectivity index (χ2v) is 4.95. The van der Waals surface area contributed by atoms with E-state index in [0.717, 1.165) is 19.2 Å². The molecule has 2 rings (SSSR count). The predicted molar refractivity (Wildman–Crippen MR) is 67.3 cm³/mol. The molecule has 0 aromatic heterocycles. The van der Waals surface area contributed by atoms with Gasteiger partial charge in [-0.15, -0.1) is 0 Å². The van der Waals surface area contributed by atoms with Crippen LogP contribution in [0.1, 0.15) is 17.0 Å². The van der Waals surface area contributed by atoms with Crippen LogP contribution < -0.4 is 0 Å². The maximum atomic E-state index is 12.8. The lowest BCUT2D eigenvalue weighted by atomic mass is 9.88. The molecule has 1 aliphatic rings. The summed E-state index contributed by atoms with van der Waals surface area (Å²) in [4.78, 5) is 25.0. The quantitative estimate of drug-likeness (QED) is 0.620. The fraction of sp³-hybridized carbons (Fsp3) is 0.429. The van der Waals surface area contributed by atoms with Crippen molar-refractivity contribution in [3.63, 3.8) is 0 Å². The number of carbonyl (C=O) groups is 2. The van der Waals surface area contributed by atoms with E-state index in [1.54, 1.807) is 0 Å².